The first-order valence-corrected chi connectivity index (χ1v) is 12.8. The largest absolute Gasteiger partial charge is 0.491 e. The number of likely N-dealkylation sites (tertiary alicyclic amines) is 1. The van der Waals surface area contributed by atoms with Crippen molar-refractivity contribution in [1.82, 2.24) is 20.5 Å². The first-order valence-electron chi connectivity index (χ1n) is 12.8. The minimum atomic E-state index is -1.55. The van der Waals surface area contributed by atoms with Gasteiger partial charge >= 0.3 is 6.09 Å². The molecule has 2 aliphatic rings. The molecule has 4 rings (SSSR count). The molecule has 0 bridgehead atoms. The van der Waals surface area contributed by atoms with Crippen LogP contribution in [0, 0.1) is 11.2 Å². The van der Waals surface area contributed by atoms with E-state index in [1.165, 1.54) is 48.0 Å². The molecule has 11 nitrogen and oxygen atoms in total. The normalized spacial score (nSPS) is 19.4. The zero-order valence-electron chi connectivity index (χ0n) is 22.5. The molecule has 0 unspecified atom stereocenters. The number of piperidine rings is 1. The first-order chi connectivity index (χ1) is 18.9. The molecule has 212 valence electrons. The van der Waals surface area contributed by atoms with Gasteiger partial charge in [0, 0.05) is 26.6 Å². The van der Waals surface area contributed by atoms with Gasteiger partial charge in [-0.05, 0) is 50.1 Å². The van der Waals surface area contributed by atoms with Crippen molar-refractivity contribution in [3.8, 4) is 5.75 Å². The van der Waals surface area contributed by atoms with Crippen molar-refractivity contribution in [1.29, 1.82) is 0 Å². The molecule has 0 aromatic heterocycles. The molecule has 3 N–H and O–H groups in total. The zero-order valence-corrected chi connectivity index (χ0v) is 22.5. The Labute approximate surface area is 231 Å². The SMILES string of the molecule is CN1N=C2CCN(C(=O)[C@@H](COc3ccc(F)cc3)NC(=O)C(C)(C)NC(=O)O)C[C@@]2(Cc2ccccc2)C1=O. The van der Waals surface area contributed by atoms with Crippen molar-refractivity contribution >= 4 is 29.5 Å². The number of carbonyl (C=O) groups is 4. The van der Waals surface area contributed by atoms with Gasteiger partial charge in [0.1, 0.15) is 35.2 Å². The van der Waals surface area contributed by atoms with E-state index in [1.807, 2.05) is 30.3 Å². The van der Waals surface area contributed by atoms with E-state index in [2.05, 4.69) is 15.7 Å². The smallest absolute Gasteiger partial charge is 0.405 e. The van der Waals surface area contributed by atoms with Gasteiger partial charge in [-0.15, -0.1) is 0 Å². The first kappa shape index (κ1) is 28.5. The fraction of sp³-hybridized carbons (Fsp3) is 0.393. The van der Waals surface area contributed by atoms with Crippen LogP contribution in [-0.4, -0.2) is 82.9 Å². The zero-order chi connectivity index (χ0) is 29.1. The predicted octanol–water partition coefficient (Wildman–Crippen LogP) is 2.02. The Hall–Kier alpha value is -4.48. The van der Waals surface area contributed by atoms with Gasteiger partial charge in [0.2, 0.25) is 11.8 Å². The maximum Gasteiger partial charge on any atom is 0.405 e. The summed E-state index contributed by atoms with van der Waals surface area (Å²) in [7, 11) is 1.59. The molecule has 0 radical (unpaired) electrons. The molecule has 4 amide bonds. The van der Waals surface area contributed by atoms with Gasteiger partial charge in [0.25, 0.3) is 5.91 Å². The van der Waals surface area contributed by atoms with Crippen LogP contribution in [-0.2, 0) is 20.8 Å². The molecule has 2 aromatic carbocycles. The number of ether oxygens (including phenoxy) is 1. The second-order valence-corrected chi connectivity index (χ2v) is 10.5. The number of carbonyl (C=O) groups excluding carboxylic acids is 3. The average molecular weight is 554 g/mol. The lowest BCUT2D eigenvalue weighted by Gasteiger charge is -2.40. The fourth-order valence-corrected chi connectivity index (χ4v) is 4.98. The minimum Gasteiger partial charge on any atom is -0.491 e. The highest BCUT2D eigenvalue weighted by Gasteiger charge is 2.54. The lowest BCUT2D eigenvalue weighted by molar-refractivity contribution is -0.143. The molecule has 0 spiro atoms. The van der Waals surface area contributed by atoms with Crippen LogP contribution in [0.1, 0.15) is 25.8 Å². The van der Waals surface area contributed by atoms with Crippen molar-refractivity contribution < 1.29 is 33.4 Å². The van der Waals surface area contributed by atoms with Gasteiger partial charge in [-0.25, -0.2) is 14.2 Å². The quantitative estimate of drug-likeness (QED) is 0.434. The second kappa shape index (κ2) is 11.3. The van der Waals surface area contributed by atoms with Crippen LogP contribution >= 0.6 is 0 Å². The van der Waals surface area contributed by atoms with Gasteiger partial charge in [0.15, 0.2) is 0 Å². The Kier molecular flexibility index (Phi) is 8.08. The number of nitrogens with zero attached hydrogens (tertiary/aromatic N) is 3. The summed E-state index contributed by atoms with van der Waals surface area (Å²) in [4.78, 5) is 53.1. The van der Waals surface area contributed by atoms with E-state index in [0.29, 0.717) is 18.6 Å². The Morgan fingerprint density at radius 2 is 1.82 bits per heavy atom. The highest BCUT2D eigenvalue weighted by Crippen LogP contribution is 2.38. The van der Waals surface area contributed by atoms with Crippen molar-refractivity contribution in [3.05, 3.63) is 66.0 Å². The van der Waals surface area contributed by atoms with Crippen molar-refractivity contribution in [2.45, 2.75) is 38.3 Å². The summed E-state index contributed by atoms with van der Waals surface area (Å²) in [6.45, 7) is 2.72. The molecule has 40 heavy (non-hydrogen) atoms. The van der Waals surface area contributed by atoms with Crippen LogP contribution in [0.5, 0.6) is 5.75 Å². The van der Waals surface area contributed by atoms with Gasteiger partial charge in [-0.1, -0.05) is 30.3 Å². The Morgan fingerprint density at radius 3 is 2.48 bits per heavy atom. The summed E-state index contributed by atoms with van der Waals surface area (Å²) in [5, 5.41) is 19.6. The summed E-state index contributed by atoms with van der Waals surface area (Å²) in [6.07, 6.45) is -0.696. The molecule has 2 aliphatic heterocycles. The molecule has 2 aromatic rings. The third-order valence-corrected chi connectivity index (χ3v) is 7.09. The van der Waals surface area contributed by atoms with Crippen LogP contribution < -0.4 is 15.4 Å². The summed E-state index contributed by atoms with van der Waals surface area (Å²) in [5.74, 6) is -1.66. The number of amides is 4. The lowest BCUT2D eigenvalue weighted by Crippen LogP contribution is -2.62. The maximum absolute atomic E-state index is 13.9. The van der Waals surface area contributed by atoms with E-state index < -0.39 is 40.7 Å². The molecule has 0 aliphatic carbocycles. The minimum absolute atomic E-state index is 0.0441. The number of hydrogen-bond acceptors (Lipinski definition) is 6. The molecular formula is C28H32FN5O6. The second-order valence-electron chi connectivity index (χ2n) is 10.5. The van der Waals surface area contributed by atoms with Gasteiger partial charge in [-0.3, -0.25) is 14.4 Å². The highest BCUT2D eigenvalue weighted by molar-refractivity contribution is 6.13. The standard InChI is InChI=1S/C28H32FN5O6/c1-27(2,31-26(38)39)24(36)30-21(16-40-20-11-9-19(29)10-12-20)23(35)34-14-13-22-28(17-34,25(37)33(3)32-22)15-18-7-5-4-6-8-18/h4-12,21,31H,13-17H2,1-3H3,(H,30,36)(H,38,39)/t21-,28-/m1/s1. The fourth-order valence-electron chi connectivity index (χ4n) is 4.98. The van der Waals surface area contributed by atoms with Crippen LogP contribution in [0.4, 0.5) is 9.18 Å². The number of benzene rings is 2. The molecule has 2 heterocycles. The van der Waals surface area contributed by atoms with Crippen LogP contribution in [0.2, 0.25) is 0 Å². The number of hydrogen-bond donors (Lipinski definition) is 3. The van der Waals surface area contributed by atoms with Crippen LogP contribution in [0.15, 0.2) is 59.7 Å². The number of nitrogens with one attached hydrogen (secondary N) is 2. The Morgan fingerprint density at radius 1 is 1.15 bits per heavy atom. The monoisotopic (exact) mass is 553 g/mol. The highest BCUT2D eigenvalue weighted by atomic mass is 19.1. The van der Waals surface area contributed by atoms with Crippen molar-refractivity contribution in [2.24, 2.45) is 10.5 Å². The average Bonchev–Trinajstić information content (AvgIpc) is 3.15. The van der Waals surface area contributed by atoms with Crippen LogP contribution in [0.25, 0.3) is 0 Å². The predicted molar refractivity (Wildman–Crippen MR) is 143 cm³/mol. The summed E-state index contributed by atoms with van der Waals surface area (Å²) in [6, 6.07) is 13.4. The molecule has 1 saturated heterocycles. The molecular weight excluding hydrogens is 521 g/mol. The topological polar surface area (TPSA) is 141 Å². The number of rotatable bonds is 9. The third kappa shape index (κ3) is 6.05. The number of carboxylic acid groups (broad SMARTS) is 1. The van der Waals surface area contributed by atoms with E-state index >= 15 is 0 Å². The third-order valence-electron chi connectivity index (χ3n) is 7.09. The number of fused-ring (bicyclic) bond motifs is 1. The van der Waals surface area contributed by atoms with E-state index in [1.54, 1.807) is 7.05 Å². The van der Waals surface area contributed by atoms with Gasteiger partial charge < -0.3 is 25.4 Å². The summed E-state index contributed by atoms with van der Waals surface area (Å²) < 4.78 is 19.1. The van der Waals surface area contributed by atoms with Crippen molar-refractivity contribution in [3.63, 3.8) is 0 Å². The lowest BCUT2D eigenvalue weighted by atomic mass is 9.73. The van der Waals surface area contributed by atoms with Crippen molar-refractivity contribution in [2.75, 3.05) is 26.7 Å². The van der Waals surface area contributed by atoms with E-state index in [0.717, 1.165) is 5.56 Å². The van der Waals surface area contributed by atoms with Crippen LogP contribution in [0.3, 0.4) is 0 Å². The Balaban J connectivity index is 1.59. The van der Waals surface area contributed by atoms with E-state index in [-0.39, 0.29) is 31.4 Å². The summed E-state index contributed by atoms with van der Waals surface area (Å²) in [5.41, 5.74) is -0.997. The number of halogens is 1. The molecule has 1 fully saturated rings. The van der Waals surface area contributed by atoms with Gasteiger partial charge in [0.05, 0.1) is 5.71 Å². The maximum atomic E-state index is 13.9. The molecule has 12 heteroatoms. The Bertz CT molecular complexity index is 1320. The molecule has 0 saturated carbocycles. The summed E-state index contributed by atoms with van der Waals surface area (Å²) >= 11 is 0. The molecule has 2 atom stereocenters. The number of hydrazone groups is 1. The van der Waals surface area contributed by atoms with E-state index in [9.17, 15) is 23.6 Å². The van der Waals surface area contributed by atoms with E-state index in [4.69, 9.17) is 9.84 Å². The van der Waals surface area contributed by atoms with Gasteiger partial charge in [-0.2, -0.15) is 5.10 Å².